The molecule has 0 saturated carbocycles. The lowest BCUT2D eigenvalue weighted by molar-refractivity contribution is 0.761. The molecule has 0 spiro atoms. The smallest absolute Gasteiger partial charge is 0.0520 e. The topological polar surface area (TPSA) is 12.0 Å². The zero-order valence-electron chi connectivity index (χ0n) is 11.3. The summed E-state index contributed by atoms with van der Waals surface area (Å²) < 4.78 is 1.25. The third kappa shape index (κ3) is 2.30. The molecule has 1 atom stereocenters. The molecule has 0 bridgehead atoms. The maximum absolute atomic E-state index is 3.71. The molecule has 0 saturated heterocycles. The first-order valence-electron chi connectivity index (χ1n) is 6.77. The highest BCUT2D eigenvalue weighted by atomic mass is 79.9. The quantitative estimate of drug-likeness (QED) is 0.806. The summed E-state index contributed by atoms with van der Waals surface area (Å²) in [4.78, 5) is 0. The summed E-state index contributed by atoms with van der Waals surface area (Å²) in [6, 6.07) is 13.4. The van der Waals surface area contributed by atoms with Gasteiger partial charge in [0.2, 0.25) is 0 Å². The van der Waals surface area contributed by atoms with Gasteiger partial charge in [0, 0.05) is 10.2 Å². The van der Waals surface area contributed by atoms with Crippen LogP contribution in [0.3, 0.4) is 0 Å². The van der Waals surface area contributed by atoms with Gasteiger partial charge in [-0.05, 0) is 61.1 Å². The van der Waals surface area contributed by atoms with Crippen molar-refractivity contribution in [3.8, 4) is 0 Å². The van der Waals surface area contributed by atoms with E-state index in [4.69, 9.17) is 0 Å². The van der Waals surface area contributed by atoms with Crippen LogP contribution in [0.1, 0.15) is 34.7 Å². The molecule has 0 radical (unpaired) electrons. The van der Waals surface area contributed by atoms with Crippen molar-refractivity contribution in [3.63, 3.8) is 0 Å². The molecule has 0 amide bonds. The minimum atomic E-state index is 0.438. The van der Waals surface area contributed by atoms with Gasteiger partial charge in [-0.1, -0.05) is 40.2 Å². The zero-order valence-corrected chi connectivity index (χ0v) is 12.9. The predicted molar refractivity (Wildman–Crippen MR) is 84.7 cm³/mol. The highest BCUT2D eigenvalue weighted by Crippen LogP contribution is 2.38. The lowest BCUT2D eigenvalue weighted by atomic mass is 10.1. The zero-order chi connectivity index (χ0) is 13.4. The summed E-state index contributed by atoms with van der Waals surface area (Å²) in [5.41, 5.74) is 6.86. The summed E-state index contributed by atoms with van der Waals surface area (Å²) >= 11 is 3.66. The Morgan fingerprint density at radius 3 is 2.74 bits per heavy atom. The van der Waals surface area contributed by atoms with Crippen molar-refractivity contribution in [1.82, 2.24) is 0 Å². The average molecular weight is 316 g/mol. The first-order chi connectivity index (χ1) is 9.16. The molecule has 0 fully saturated rings. The van der Waals surface area contributed by atoms with Crippen molar-refractivity contribution in [3.05, 3.63) is 63.1 Å². The van der Waals surface area contributed by atoms with Gasteiger partial charge < -0.3 is 5.32 Å². The maximum atomic E-state index is 3.71. The normalized spacial score (nSPS) is 17.3. The van der Waals surface area contributed by atoms with Crippen molar-refractivity contribution in [2.24, 2.45) is 0 Å². The van der Waals surface area contributed by atoms with Crippen LogP contribution in [0.15, 0.2) is 40.9 Å². The number of anilines is 1. The van der Waals surface area contributed by atoms with Gasteiger partial charge in [-0.15, -0.1) is 0 Å². The SMILES string of the molecule is Cc1cccc(NC2CCc3c(Br)cccc32)c1C. The van der Waals surface area contributed by atoms with Gasteiger partial charge in [0.1, 0.15) is 0 Å². The van der Waals surface area contributed by atoms with Crippen LogP contribution in [0.4, 0.5) is 5.69 Å². The van der Waals surface area contributed by atoms with Crippen molar-refractivity contribution >= 4 is 21.6 Å². The molecule has 0 heterocycles. The van der Waals surface area contributed by atoms with E-state index in [2.05, 4.69) is 71.5 Å². The Labute approximate surface area is 123 Å². The van der Waals surface area contributed by atoms with Gasteiger partial charge in [0.05, 0.1) is 6.04 Å². The van der Waals surface area contributed by atoms with Crippen LogP contribution in [-0.2, 0) is 6.42 Å². The number of hydrogen-bond acceptors (Lipinski definition) is 1. The fourth-order valence-electron chi connectivity index (χ4n) is 2.85. The van der Waals surface area contributed by atoms with Crippen LogP contribution in [-0.4, -0.2) is 0 Å². The molecule has 1 nitrogen and oxygen atoms in total. The number of fused-ring (bicyclic) bond motifs is 1. The molecule has 98 valence electrons. The highest BCUT2D eigenvalue weighted by Gasteiger charge is 2.24. The fraction of sp³-hybridized carbons (Fsp3) is 0.294. The molecule has 2 aromatic rings. The Morgan fingerprint density at radius 1 is 1.11 bits per heavy atom. The van der Waals surface area contributed by atoms with E-state index in [9.17, 15) is 0 Å². The van der Waals surface area contributed by atoms with Gasteiger partial charge in [-0.3, -0.25) is 0 Å². The minimum absolute atomic E-state index is 0.438. The molecule has 1 N–H and O–H groups in total. The second-order valence-corrected chi connectivity index (χ2v) is 6.15. The third-order valence-corrected chi connectivity index (χ3v) is 4.89. The van der Waals surface area contributed by atoms with E-state index in [1.165, 1.54) is 38.8 Å². The Hall–Kier alpha value is -1.28. The maximum Gasteiger partial charge on any atom is 0.0520 e. The Kier molecular flexibility index (Phi) is 3.36. The van der Waals surface area contributed by atoms with E-state index < -0.39 is 0 Å². The number of hydrogen-bond donors (Lipinski definition) is 1. The van der Waals surface area contributed by atoms with Crippen LogP contribution in [0, 0.1) is 13.8 Å². The van der Waals surface area contributed by atoms with E-state index in [0.717, 1.165) is 6.42 Å². The lowest BCUT2D eigenvalue weighted by Crippen LogP contribution is -2.08. The summed E-state index contributed by atoms with van der Waals surface area (Å²) in [5, 5.41) is 3.71. The standard InChI is InChI=1S/C17H18BrN/c1-11-5-3-8-16(12(11)2)19-17-10-9-13-14(17)6-4-7-15(13)18/h3-8,17,19H,9-10H2,1-2H3. The number of halogens is 1. The second-order valence-electron chi connectivity index (χ2n) is 5.29. The lowest BCUT2D eigenvalue weighted by Gasteiger charge is -2.18. The van der Waals surface area contributed by atoms with E-state index >= 15 is 0 Å². The van der Waals surface area contributed by atoms with Crippen molar-refractivity contribution in [2.45, 2.75) is 32.7 Å². The van der Waals surface area contributed by atoms with Crippen LogP contribution in [0.5, 0.6) is 0 Å². The van der Waals surface area contributed by atoms with Gasteiger partial charge in [-0.2, -0.15) is 0 Å². The second kappa shape index (κ2) is 5.01. The monoisotopic (exact) mass is 315 g/mol. The van der Waals surface area contributed by atoms with Gasteiger partial charge in [0.25, 0.3) is 0 Å². The van der Waals surface area contributed by atoms with Gasteiger partial charge in [-0.25, -0.2) is 0 Å². The molecule has 1 aliphatic rings. The Morgan fingerprint density at radius 2 is 1.89 bits per heavy atom. The molecule has 1 aliphatic carbocycles. The number of benzene rings is 2. The Balaban J connectivity index is 1.91. The summed E-state index contributed by atoms with van der Waals surface area (Å²) in [5.74, 6) is 0. The van der Waals surface area contributed by atoms with E-state index in [0.29, 0.717) is 6.04 Å². The molecule has 0 aromatic heterocycles. The molecular weight excluding hydrogens is 298 g/mol. The van der Waals surface area contributed by atoms with Crippen molar-refractivity contribution < 1.29 is 0 Å². The fourth-order valence-corrected chi connectivity index (χ4v) is 3.43. The first kappa shape index (κ1) is 12.7. The molecule has 0 aliphatic heterocycles. The summed E-state index contributed by atoms with van der Waals surface area (Å²) in [7, 11) is 0. The first-order valence-corrected chi connectivity index (χ1v) is 7.56. The van der Waals surface area contributed by atoms with Crippen molar-refractivity contribution in [2.75, 3.05) is 5.32 Å². The van der Waals surface area contributed by atoms with Crippen LogP contribution < -0.4 is 5.32 Å². The number of rotatable bonds is 2. The van der Waals surface area contributed by atoms with Gasteiger partial charge >= 0.3 is 0 Å². The molecule has 2 heteroatoms. The third-order valence-electron chi connectivity index (χ3n) is 4.15. The van der Waals surface area contributed by atoms with E-state index in [-0.39, 0.29) is 0 Å². The molecular formula is C17H18BrN. The molecule has 1 unspecified atom stereocenters. The highest BCUT2D eigenvalue weighted by molar-refractivity contribution is 9.10. The predicted octanol–water partition coefficient (Wildman–Crippen LogP) is 5.17. The number of nitrogens with one attached hydrogen (secondary N) is 1. The Bertz CT molecular complexity index is 619. The molecule has 19 heavy (non-hydrogen) atoms. The minimum Gasteiger partial charge on any atom is -0.378 e. The van der Waals surface area contributed by atoms with Crippen LogP contribution >= 0.6 is 15.9 Å². The van der Waals surface area contributed by atoms with E-state index in [1.807, 2.05) is 0 Å². The molecule has 3 rings (SSSR count). The van der Waals surface area contributed by atoms with Gasteiger partial charge in [0.15, 0.2) is 0 Å². The number of aryl methyl sites for hydroxylation is 1. The van der Waals surface area contributed by atoms with E-state index in [1.54, 1.807) is 0 Å². The van der Waals surface area contributed by atoms with Crippen LogP contribution in [0.25, 0.3) is 0 Å². The summed E-state index contributed by atoms with van der Waals surface area (Å²) in [6.45, 7) is 4.36. The average Bonchev–Trinajstić information content (AvgIpc) is 2.80. The largest absolute Gasteiger partial charge is 0.378 e. The van der Waals surface area contributed by atoms with Crippen LogP contribution in [0.2, 0.25) is 0 Å². The molecule has 2 aromatic carbocycles. The van der Waals surface area contributed by atoms with Crippen molar-refractivity contribution in [1.29, 1.82) is 0 Å². The summed E-state index contributed by atoms with van der Waals surface area (Å²) in [6.07, 6.45) is 2.32.